The number of rotatable bonds is 5. The molecule has 0 fully saturated rings. The van der Waals surface area contributed by atoms with E-state index in [1.807, 2.05) is 0 Å². The van der Waals surface area contributed by atoms with Crippen LogP contribution in [0, 0.1) is 5.82 Å². The minimum atomic E-state index is -0.945. The van der Waals surface area contributed by atoms with Crippen LogP contribution >= 0.6 is 0 Å². The van der Waals surface area contributed by atoms with E-state index in [1.165, 1.54) is 18.2 Å². The van der Waals surface area contributed by atoms with Gasteiger partial charge in [0.2, 0.25) is 0 Å². The first-order valence-electron chi connectivity index (χ1n) is 4.78. The number of hydrogen-bond donors (Lipinski definition) is 2. The Morgan fingerprint density at radius 1 is 1.53 bits per heavy atom. The van der Waals surface area contributed by atoms with E-state index in [1.54, 1.807) is 6.07 Å². The van der Waals surface area contributed by atoms with E-state index < -0.39 is 11.9 Å². The van der Waals surface area contributed by atoms with E-state index >= 15 is 0 Å². The lowest BCUT2D eigenvalue weighted by atomic mass is 10.0. The van der Waals surface area contributed by atoms with E-state index in [2.05, 4.69) is 0 Å². The molecule has 1 unspecified atom stereocenters. The molecule has 0 aliphatic carbocycles. The largest absolute Gasteiger partial charge is 0.388 e. The van der Waals surface area contributed by atoms with Crippen LogP contribution in [-0.2, 0) is 4.79 Å². The normalized spacial score (nSPS) is 12.5. The molecule has 0 aliphatic rings. The van der Waals surface area contributed by atoms with Crippen LogP contribution in [0.1, 0.15) is 24.5 Å². The number of benzene rings is 1. The summed E-state index contributed by atoms with van der Waals surface area (Å²) in [7, 11) is 0. The van der Waals surface area contributed by atoms with E-state index in [9.17, 15) is 14.3 Å². The van der Waals surface area contributed by atoms with Crippen molar-refractivity contribution in [2.45, 2.75) is 18.9 Å². The summed E-state index contributed by atoms with van der Waals surface area (Å²) in [6.45, 7) is 0.273. The Labute approximate surface area is 87.7 Å². The molecule has 0 aromatic heterocycles. The number of carbonyl (C=O) groups excluding carboxylic acids is 1. The summed E-state index contributed by atoms with van der Waals surface area (Å²) < 4.78 is 12.8. The molecule has 1 aromatic rings. The van der Waals surface area contributed by atoms with E-state index in [-0.39, 0.29) is 25.2 Å². The van der Waals surface area contributed by atoms with Crippen LogP contribution in [-0.4, -0.2) is 17.4 Å². The lowest BCUT2D eigenvalue weighted by Crippen LogP contribution is -2.11. The molecule has 3 nitrogen and oxygen atoms in total. The van der Waals surface area contributed by atoms with E-state index in [4.69, 9.17) is 5.73 Å². The number of aliphatic hydroxyl groups excluding tert-OH is 1. The summed E-state index contributed by atoms with van der Waals surface area (Å²) in [6.07, 6.45) is -0.715. The lowest BCUT2D eigenvalue weighted by molar-refractivity contribution is -0.120. The molecule has 1 aromatic carbocycles. The van der Waals surface area contributed by atoms with Crippen molar-refractivity contribution < 1.29 is 14.3 Å². The Morgan fingerprint density at radius 3 is 2.87 bits per heavy atom. The van der Waals surface area contributed by atoms with Crippen LogP contribution < -0.4 is 5.73 Å². The first-order chi connectivity index (χ1) is 7.13. The van der Waals surface area contributed by atoms with Gasteiger partial charge in [-0.2, -0.15) is 0 Å². The number of nitrogens with two attached hydrogens (primary N) is 1. The number of Topliss-reactive ketones (excluding diaryl/α,β-unsaturated/α-hetero) is 1. The standard InChI is InChI=1S/C11H14FNO2/c12-9-3-1-2-8(6-9)11(15)7-10(14)4-5-13/h1-3,6,11,15H,4-5,7,13H2. The Morgan fingerprint density at radius 2 is 2.27 bits per heavy atom. The third kappa shape index (κ3) is 3.77. The number of ketones is 1. The highest BCUT2D eigenvalue weighted by Gasteiger charge is 2.12. The minimum absolute atomic E-state index is 0.0132. The van der Waals surface area contributed by atoms with Crippen molar-refractivity contribution in [3.63, 3.8) is 0 Å². The van der Waals surface area contributed by atoms with Gasteiger partial charge in [-0.05, 0) is 24.2 Å². The molecule has 4 heteroatoms. The summed E-state index contributed by atoms with van der Waals surface area (Å²) in [5.41, 5.74) is 5.62. The van der Waals surface area contributed by atoms with Crippen molar-refractivity contribution in [1.29, 1.82) is 0 Å². The summed E-state index contributed by atoms with van der Waals surface area (Å²) in [5, 5.41) is 9.61. The number of carbonyl (C=O) groups is 1. The molecule has 0 heterocycles. The highest BCUT2D eigenvalue weighted by molar-refractivity contribution is 5.79. The fourth-order valence-electron chi connectivity index (χ4n) is 1.31. The van der Waals surface area contributed by atoms with Crippen LogP contribution in [0.4, 0.5) is 4.39 Å². The fraction of sp³-hybridized carbons (Fsp3) is 0.364. The predicted octanol–water partition coefficient (Wildman–Crippen LogP) is 1.17. The average molecular weight is 211 g/mol. The van der Waals surface area contributed by atoms with Crippen molar-refractivity contribution in [3.8, 4) is 0 Å². The Hall–Kier alpha value is -1.26. The zero-order chi connectivity index (χ0) is 11.3. The molecular formula is C11H14FNO2. The molecule has 0 radical (unpaired) electrons. The van der Waals surface area contributed by atoms with Gasteiger partial charge in [0.1, 0.15) is 11.6 Å². The molecule has 0 amide bonds. The topological polar surface area (TPSA) is 63.3 Å². The molecule has 15 heavy (non-hydrogen) atoms. The quantitative estimate of drug-likeness (QED) is 0.768. The second-order valence-corrected chi connectivity index (χ2v) is 3.35. The summed E-state index contributed by atoms with van der Waals surface area (Å²) in [4.78, 5) is 11.2. The SMILES string of the molecule is NCCC(=O)CC(O)c1cccc(F)c1. The van der Waals surface area contributed by atoms with Gasteiger partial charge >= 0.3 is 0 Å². The Balaban J connectivity index is 2.60. The number of hydrogen-bond acceptors (Lipinski definition) is 3. The monoisotopic (exact) mass is 211 g/mol. The number of halogens is 1. The maximum absolute atomic E-state index is 12.8. The third-order valence-electron chi connectivity index (χ3n) is 2.08. The van der Waals surface area contributed by atoms with Gasteiger partial charge in [0.05, 0.1) is 6.10 Å². The molecule has 0 aliphatic heterocycles. The second kappa shape index (κ2) is 5.58. The molecule has 0 saturated carbocycles. The predicted molar refractivity (Wildman–Crippen MR) is 54.7 cm³/mol. The maximum atomic E-state index is 12.8. The van der Waals surface area contributed by atoms with Gasteiger partial charge in [0.25, 0.3) is 0 Å². The molecule has 82 valence electrons. The van der Waals surface area contributed by atoms with Gasteiger partial charge in [-0.1, -0.05) is 12.1 Å². The molecular weight excluding hydrogens is 197 g/mol. The first kappa shape index (κ1) is 11.8. The highest BCUT2D eigenvalue weighted by Crippen LogP contribution is 2.18. The van der Waals surface area contributed by atoms with Crippen LogP contribution in [0.2, 0.25) is 0 Å². The van der Waals surface area contributed by atoms with Gasteiger partial charge < -0.3 is 10.8 Å². The number of aliphatic hydroxyl groups is 1. The van der Waals surface area contributed by atoms with Crippen molar-refractivity contribution in [2.75, 3.05) is 6.54 Å². The Kier molecular flexibility index (Phi) is 4.39. The van der Waals surface area contributed by atoms with E-state index in [0.717, 1.165) is 0 Å². The van der Waals surface area contributed by atoms with Gasteiger partial charge in [0.15, 0.2) is 0 Å². The van der Waals surface area contributed by atoms with Crippen molar-refractivity contribution >= 4 is 5.78 Å². The zero-order valence-electron chi connectivity index (χ0n) is 8.32. The summed E-state index contributed by atoms with van der Waals surface area (Å²) >= 11 is 0. The second-order valence-electron chi connectivity index (χ2n) is 3.35. The van der Waals surface area contributed by atoms with Crippen molar-refractivity contribution in [2.24, 2.45) is 5.73 Å². The van der Waals surface area contributed by atoms with Crippen molar-refractivity contribution in [1.82, 2.24) is 0 Å². The van der Waals surface area contributed by atoms with Crippen LogP contribution in [0.15, 0.2) is 24.3 Å². The van der Waals surface area contributed by atoms with Gasteiger partial charge in [-0.15, -0.1) is 0 Å². The average Bonchev–Trinajstić information content (AvgIpc) is 2.18. The molecule has 1 atom stereocenters. The molecule has 1 rings (SSSR count). The van der Waals surface area contributed by atoms with Gasteiger partial charge in [0, 0.05) is 12.8 Å². The maximum Gasteiger partial charge on any atom is 0.137 e. The van der Waals surface area contributed by atoms with Crippen LogP contribution in [0.5, 0.6) is 0 Å². The molecule has 3 N–H and O–H groups in total. The van der Waals surface area contributed by atoms with Crippen molar-refractivity contribution in [3.05, 3.63) is 35.6 Å². The lowest BCUT2D eigenvalue weighted by Gasteiger charge is -2.09. The molecule has 0 bridgehead atoms. The minimum Gasteiger partial charge on any atom is -0.388 e. The smallest absolute Gasteiger partial charge is 0.137 e. The summed E-state index contributed by atoms with van der Waals surface area (Å²) in [5.74, 6) is -0.535. The first-order valence-corrected chi connectivity index (χ1v) is 4.78. The van der Waals surface area contributed by atoms with Gasteiger partial charge in [-0.25, -0.2) is 4.39 Å². The zero-order valence-corrected chi connectivity index (χ0v) is 8.32. The van der Waals surface area contributed by atoms with Gasteiger partial charge in [-0.3, -0.25) is 4.79 Å². The summed E-state index contributed by atoms with van der Waals surface area (Å²) in [6, 6.07) is 5.60. The van der Waals surface area contributed by atoms with Crippen LogP contribution in [0.25, 0.3) is 0 Å². The van der Waals surface area contributed by atoms with E-state index in [0.29, 0.717) is 5.56 Å². The van der Waals surface area contributed by atoms with Crippen LogP contribution in [0.3, 0.4) is 0 Å². The third-order valence-corrected chi connectivity index (χ3v) is 2.08. The molecule has 0 spiro atoms. The Bertz CT molecular complexity index is 341. The highest BCUT2D eigenvalue weighted by atomic mass is 19.1. The fourth-order valence-corrected chi connectivity index (χ4v) is 1.31. The molecule has 0 saturated heterocycles.